The summed E-state index contributed by atoms with van der Waals surface area (Å²) in [6, 6.07) is 15.7. The Kier molecular flexibility index (Phi) is 5.65. The zero-order valence-corrected chi connectivity index (χ0v) is 15.7. The third-order valence-corrected chi connectivity index (χ3v) is 4.91. The van der Waals surface area contributed by atoms with Gasteiger partial charge in [0, 0.05) is 5.02 Å². The van der Waals surface area contributed by atoms with Crippen LogP contribution in [0.3, 0.4) is 0 Å². The van der Waals surface area contributed by atoms with Gasteiger partial charge in [0.2, 0.25) is 0 Å². The number of hydrogen-bond acceptors (Lipinski definition) is 6. The number of aliphatic imine (C=N–C) groups is 1. The normalized spacial score (nSPS) is 16.6. The molecule has 3 rings (SSSR count). The molecule has 0 bridgehead atoms. The second-order valence-corrected chi connectivity index (χ2v) is 6.92. The van der Waals surface area contributed by atoms with Crippen molar-refractivity contribution in [1.29, 1.82) is 5.26 Å². The predicted molar refractivity (Wildman–Crippen MR) is 107 cm³/mol. The molecular formula is C20H13ClN2O3S. The van der Waals surface area contributed by atoms with Crippen molar-refractivity contribution in [3.63, 3.8) is 0 Å². The second-order valence-electron chi connectivity index (χ2n) is 5.46. The van der Waals surface area contributed by atoms with Gasteiger partial charge in [-0.25, -0.2) is 9.79 Å². The molecule has 0 radical (unpaired) electrons. The van der Waals surface area contributed by atoms with Gasteiger partial charge in [0.25, 0.3) is 0 Å². The van der Waals surface area contributed by atoms with Crippen LogP contribution in [0, 0.1) is 11.3 Å². The van der Waals surface area contributed by atoms with E-state index in [1.165, 1.54) is 7.11 Å². The summed E-state index contributed by atoms with van der Waals surface area (Å²) in [6.07, 6.45) is 1.72. The Labute approximate surface area is 165 Å². The van der Waals surface area contributed by atoms with Crippen LogP contribution in [0.15, 0.2) is 69.8 Å². The number of ether oxygens (including phenoxy) is 1. The van der Waals surface area contributed by atoms with Gasteiger partial charge in [-0.2, -0.15) is 5.26 Å². The molecule has 134 valence electrons. The number of aliphatic hydroxyl groups is 1. The highest BCUT2D eigenvalue weighted by Crippen LogP contribution is 2.40. The maximum atomic E-state index is 12.2. The van der Waals surface area contributed by atoms with Crippen LogP contribution in [0.4, 0.5) is 5.69 Å². The number of carbonyl (C=O) groups excluding carboxylic acids is 1. The molecule has 0 saturated heterocycles. The number of carbonyl (C=O) groups is 1. The SMILES string of the molecule is COC(=O)C1=C(O)C(=Cc2cccc(Cl)c2)SC1=Nc1ccc(C#N)cc1. The first-order valence-corrected chi connectivity index (χ1v) is 8.97. The van der Waals surface area contributed by atoms with E-state index in [9.17, 15) is 9.90 Å². The van der Waals surface area contributed by atoms with E-state index in [1.54, 1.807) is 48.5 Å². The molecule has 2 aromatic rings. The summed E-state index contributed by atoms with van der Waals surface area (Å²) in [5, 5.41) is 20.3. The first kappa shape index (κ1) is 18.8. The van der Waals surface area contributed by atoms with E-state index in [1.807, 2.05) is 12.1 Å². The van der Waals surface area contributed by atoms with E-state index in [2.05, 4.69) is 4.99 Å². The summed E-state index contributed by atoms with van der Waals surface area (Å²) in [6.45, 7) is 0. The number of methoxy groups -OCH3 is 1. The number of nitrogens with zero attached hydrogens (tertiary/aromatic N) is 2. The molecular weight excluding hydrogens is 384 g/mol. The van der Waals surface area contributed by atoms with Crippen LogP contribution in [-0.2, 0) is 9.53 Å². The molecule has 1 heterocycles. The third kappa shape index (κ3) is 4.22. The average molecular weight is 397 g/mol. The van der Waals surface area contributed by atoms with Crippen LogP contribution < -0.4 is 0 Å². The first-order chi connectivity index (χ1) is 13.0. The molecule has 0 atom stereocenters. The highest BCUT2D eigenvalue weighted by molar-refractivity contribution is 8.18. The lowest BCUT2D eigenvalue weighted by atomic mass is 10.1. The highest BCUT2D eigenvalue weighted by Gasteiger charge is 2.32. The van der Waals surface area contributed by atoms with E-state index in [0.29, 0.717) is 26.2 Å². The monoisotopic (exact) mass is 396 g/mol. The smallest absolute Gasteiger partial charge is 0.344 e. The number of halogens is 1. The molecule has 0 unspecified atom stereocenters. The van der Waals surface area contributed by atoms with Crippen LogP contribution >= 0.6 is 23.4 Å². The molecule has 7 heteroatoms. The van der Waals surface area contributed by atoms with Gasteiger partial charge in [0.05, 0.1) is 29.3 Å². The topological polar surface area (TPSA) is 82.7 Å². The second kappa shape index (κ2) is 8.12. The summed E-state index contributed by atoms with van der Waals surface area (Å²) < 4.78 is 4.78. The molecule has 1 aliphatic rings. The van der Waals surface area contributed by atoms with Gasteiger partial charge < -0.3 is 9.84 Å². The summed E-state index contributed by atoms with van der Waals surface area (Å²) >= 11 is 7.15. The molecule has 1 N–H and O–H groups in total. The Bertz CT molecular complexity index is 1030. The summed E-state index contributed by atoms with van der Waals surface area (Å²) in [5.74, 6) is -0.874. The molecule has 27 heavy (non-hydrogen) atoms. The molecule has 1 aliphatic heterocycles. The van der Waals surface area contributed by atoms with Crippen LogP contribution in [0.2, 0.25) is 5.02 Å². The van der Waals surface area contributed by atoms with E-state index in [-0.39, 0.29) is 11.3 Å². The lowest BCUT2D eigenvalue weighted by Gasteiger charge is -2.02. The molecule has 0 fully saturated rings. The van der Waals surface area contributed by atoms with Gasteiger partial charge in [-0.3, -0.25) is 0 Å². The largest absolute Gasteiger partial charge is 0.506 e. The van der Waals surface area contributed by atoms with Crippen LogP contribution in [0.1, 0.15) is 11.1 Å². The molecule has 0 aromatic heterocycles. The Morgan fingerprint density at radius 1 is 1.30 bits per heavy atom. The molecule has 0 saturated carbocycles. The Hall–Kier alpha value is -3.01. The van der Waals surface area contributed by atoms with Crippen LogP contribution in [0.25, 0.3) is 6.08 Å². The number of nitriles is 1. The fourth-order valence-electron chi connectivity index (χ4n) is 2.37. The van der Waals surface area contributed by atoms with Crippen molar-refractivity contribution < 1.29 is 14.6 Å². The van der Waals surface area contributed by atoms with Gasteiger partial charge >= 0.3 is 5.97 Å². The zero-order valence-electron chi connectivity index (χ0n) is 14.1. The maximum Gasteiger partial charge on any atom is 0.344 e. The lowest BCUT2D eigenvalue weighted by molar-refractivity contribution is -0.135. The standard InChI is InChI=1S/C20H13ClN2O3S/c1-26-20(25)17-18(24)16(10-13-3-2-4-14(21)9-13)27-19(17)23-15-7-5-12(11-22)6-8-15/h2-10,24H,1H3. The van der Waals surface area contributed by atoms with Gasteiger partial charge in [-0.1, -0.05) is 35.5 Å². The summed E-state index contributed by atoms with van der Waals surface area (Å²) in [4.78, 5) is 17.0. The van der Waals surface area contributed by atoms with Gasteiger partial charge in [0.1, 0.15) is 16.4 Å². The summed E-state index contributed by atoms with van der Waals surface area (Å²) in [7, 11) is 1.24. The molecule has 5 nitrogen and oxygen atoms in total. The lowest BCUT2D eigenvalue weighted by Crippen LogP contribution is -2.10. The van der Waals surface area contributed by atoms with Crippen molar-refractivity contribution in [2.45, 2.75) is 0 Å². The Balaban J connectivity index is 2.03. The Morgan fingerprint density at radius 2 is 2.04 bits per heavy atom. The molecule has 0 spiro atoms. The first-order valence-electron chi connectivity index (χ1n) is 7.78. The predicted octanol–water partition coefficient (Wildman–Crippen LogP) is 5.01. The van der Waals surface area contributed by atoms with Gasteiger partial charge in [-0.05, 0) is 48.0 Å². The van der Waals surface area contributed by atoms with Gasteiger partial charge in [0.15, 0.2) is 0 Å². The minimum atomic E-state index is -0.679. The van der Waals surface area contributed by atoms with Crippen LogP contribution in [0.5, 0.6) is 0 Å². The van der Waals surface area contributed by atoms with E-state index in [4.69, 9.17) is 21.6 Å². The summed E-state index contributed by atoms with van der Waals surface area (Å²) in [5.41, 5.74) is 1.83. The zero-order chi connectivity index (χ0) is 19.4. The van der Waals surface area contributed by atoms with Crippen molar-refractivity contribution in [1.82, 2.24) is 0 Å². The Morgan fingerprint density at radius 3 is 2.67 bits per heavy atom. The fourth-order valence-corrected chi connectivity index (χ4v) is 3.60. The number of rotatable bonds is 3. The third-order valence-electron chi connectivity index (χ3n) is 3.65. The van der Waals surface area contributed by atoms with E-state index in [0.717, 1.165) is 17.3 Å². The molecule has 0 amide bonds. The van der Waals surface area contributed by atoms with Gasteiger partial charge in [-0.15, -0.1) is 0 Å². The quantitative estimate of drug-likeness (QED) is 0.737. The maximum absolute atomic E-state index is 12.2. The van der Waals surface area contributed by atoms with Crippen molar-refractivity contribution in [3.8, 4) is 6.07 Å². The van der Waals surface area contributed by atoms with E-state index >= 15 is 0 Å². The van der Waals surface area contributed by atoms with Crippen molar-refractivity contribution in [2.24, 2.45) is 4.99 Å². The number of benzene rings is 2. The number of thioether (sulfide) groups is 1. The minimum Gasteiger partial charge on any atom is -0.506 e. The fraction of sp³-hybridized carbons (Fsp3) is 0.0500. The highest BCUT2D eigenvalue weighted by atomic mass is 35.5. The van der Waals surface area contributed by atoms with Crippen molar-refractivity contribution >= 4 is 46.1 Å². The molecule has 0 aliphatic carbocycles. The minimum absolute atomic E-state index is 0.000128. The number of aliphatic hydroxyl groups excluding tert-OH is 1. The van der Waals surface area contributed by atoms with Crippen molar-refractivity contribution in [2.75, 3.05) is 7.11 Å². The number of hydrogen-bond donors (Lipinski definition) is 1. The average Bonchev–Trinajstić information content (AvgIpc) is 2.97. The number of esters is 1. The van der Waals surface area contributed by atoms with E-state index < -0.39 is 5.97 Å². The van der Waals surface area contributed by atoms with Crippen molar-refractivity contribution in [3.05, 3.63) is 80.9 Å². The molecule has 2 aromatic carbocycles. The van der Waals surface area contributed by atoms with Crippen LogP contribution in [-0.4, -0.2) is 23.2 Å².